The Morgan fingerprint density at radius 3 is 2.62 bits per heavy atom. The molecule has 2 amide bonds. The number of benzene rings is 1. The number of para-hydroxylation sites is 1. The van der Waals surface area contributed by atoms with Crippen LogP contribution in [0.25, 0.3) is 0 Å². The lowest BCUT2D eigenvalue weighted by molar-refractivity contribution is -0.142. The van der Waals surface area contributed by atoms with Gasteiger partial charge in [0.15, 0.2) is 6.61 Å². The van der Waals surface area contributed by atoms with Crippen molar-refractivity contribution in [1.29, 1.82) is 0 Å². The summed E-state index contributed by atoms with van der Waals surface area (Å²) < 4.78 is 4.98. The van der Waals surface area contributed by atoms with Crippen LogP contribution in [0.15, 0.2) is 35.4 Å². The van der Waals surface area contributed by atoms with Crippen LogP contribution in [0.3, 0.4) is 0 Å². The first-order valence-corrected chi connectivity index (χ1v) is 7.86. The lowest BCUT2D eigenvalue weighted by Crippen LogP contribution is -2.36. The summed E-state index contributed by atoms with van der Waals surface area (Å²) in [5.41, 5.74) is 0.720. The summed E-state index contributed by atoms with van der Waals surface area (Å²) in [7, 11) is 0. The van der Waals surface area contributed by atoms with Gasteiger partial charge in [-0.15, -0.1) is 0 Å². The monoisotopic (exact) mass is 331 g/mol. The zero-order valence-electron chi connectivity index (χ0n) is 13.8. The smallest absolute Gasteiger partial charge is 0.355 e. The minimum atomic E-state index is -0.678. The molecule has 0 unspecified atom stereocenters. The number of carbonyl (C=O) groups is 3. The van der Waals surface area contributed by atoms with E-state index < -0.39 is 5.97 Å². The molecule has 7 nitrogen and oxygen atoms in total. The SMILES string of the molecule is CC(C)CNC(=O)COC(=O)C1=NN(c2ccccc2)C(=O)CC1. The van der Waals surface area contributed by atoms with E-state index in [1.807, 2.05) is 19.9 Å². The molecule has 1 aliphatic rings. The minimum absolute atomic E-state index is 0.134. The Balaban J connectivity index is 1.96. The number of hydrazone groups is 1. The van der Waals surface area contributed by atoms with Crippen LogP contribution in [0, 0.1) is 5.92 Å². The van der Waals surface area contributed by atoms with E-state index >= 15 is 0 Å². The lowest BCUT2D eigenvalue weighted by atomic mass is 10.1. The lowest BCUT2D eigenvalue weighted by Gasteiger charge is -2.22. The molecule has 1 aliphatic heterocycles. The average molecular weight is 331 g/mol. The normalized spacial score (nSPS) is 14.4. The van der Waals surface area contributed by atoms with Crippen molar-refractivity contribution in [2.45, 2.75) is 26.7 Å². The van der Waals surface area contributed by atoms with Gasteiger partial charge in [0.05, 0.1) is 5.69 Å². The van der Waals surface area contributed by atoms with Gasteiger partial charge in [-0.05, 0) is 18.1 Å². The molecule has 1 N–H and O–H groups in total. The third-order valence-electron chi connectivity index (χ3n) is 3.31. The van der Waals surface area contributed by atoms with Gasteiger partial charge in [0.25, 0.3) is 5.91 Å². The van der Waals surface area contributed by atoms with Crippen LogP contribution < -0.4 is 10.3 Å². The van der Waals surface area contributed by atoms with Crippen molar-refractivity contribution in [2.75, 3.05) is 18.2 Å². The molecule has 0 aliphatic carbocycles. The van der Waals surface area contributed by atoms with Gasteiger partial charge >= 0.3 is 5.97 Å². The van der Waals surface area contributed by atoms with Crippen LogP contribution in [0.4, 0.5) is 5.69 Å². The van der Waals surface area contributed by atoms with Crippen molar-refractivity contribution >= 4 is 29.2 Å². The molecule has 24 heavy (non-hydrogen) atoms. The van der Waals surface area contributed by atoms with Crippen molar-refractivity contribution in [2.24, 2.45) is 11.0 Å². The predicted molar refractivity (Wildman–Crippen MR) is 89.4 cm³/mol. The van der Waals surface area contributed by atoms with E-state index in [-0.39, 0.29) is 37.0 Å². The fourth-order valence-electron chi connectivity index (χ4n) is 2.05. The molecule has 1 heterocycles. The standard InChI is InChI=1S/C17H21N3O4/c1-12(2)10-18-15(21)11-24-17(23)14-8-9-16(22)20(19-14)13-6-4-3-5-7-13/h3-7,12H,8-11H2,1-2H3,(H,18,21). The van der Waals surface area contributed by atoms with Gasteiger partial charge in [0.1, 0.15) is 5.71 Å². The highest BCUT2D eigenvalue weighted by Gasteiger charge is 2.26. The first-order valence-electron chi connectivity index (χ1n) is 7.86. The Hall–Kier alpha value is -2.70. The number of nitrogens with one attached hydrogen (secondary N) is 1. The number of ether oxygens (including phenoxy) is 1. The Morgan fingerprint density at radius 1 is 1.25 bits per heavy atom. The predicted octanol–water partition coefficient (Wildman–Crippen LogP) is 1.48. The topological polar surface area (TPSA) is 88.1 Å². The van der Waals surface area contributed by atoms with Crippen LogP contribution in [-0.4, -0.2) is 36.6 Å². The maximum Gasteiger partial charge on any atom is 0.355 e. The summed E-state index contributed by atoms with van der Waals surface area (Å²) >= 11 is 0. The molecule has 128 valence electrons. The molecule has 0 saturated heterocycles. The number of anilines is 1. The molecule has 0 bridgehead atoms. The first-order chi connectivity index (χ1) is 11.5. The van der Waals surface area contributed by atoms with E-state index in [0.717, 1.165) is 0 Å². The van der Waals surface area contributed by atoms with Crippen LogP contribution >= 0.6 is 0 Å². The second-order valence-electron chi connectivity index (χ2n) is 5.86. The number of nitrogens with zero attached hydrogens (tertiary/aromatic N) is 2. The molecular formula is C17H21N3O4. The Labute approximate surface area is 140 Å². The Kier molecular flexibility index (Phi) is 6.06. The van der Waals surface area contributed by atoms with Gasteiger partial charge in [0, 0.05) is 19.4 Å². The highest BCUT2D eigenvalue weighted by atomic mass is 16.5. The second kappa shape index (κ2) is 8.24. The summed E-state index contributed by atoms with van der Waals surface area (Å²) in [6.45, 7) is 4.11. The van der Waals surface area contributed by atoms with Crippen LogP contribution in [-0.2, 0) is 19.1 Å². The van der Waals surface area contributed by atoms with Gasteiger partial charge in [-0.1, -0.05) is 32.0 Å². The van der Waals surface area contributed by atoms with E-state index in [0.29, 0.717) is 18.2 Å². The van der Waals surface area contributed by atoms with Gasteiger partial charge in [-0.25, -0.2) is 9.80 Å². The number of hydrogen-bond acceptors (Lipinski definition) is 5. The Bertz CT molecular complexity index is 640. The molecule has 0 fully saturated rings. The van der Waals surface area contributed by atoms with E-state index in [1.54, 1.807) is 24.3 Å². The third kappa shape index (κ3) is 4.91. The van der Waals surface area contributed by atoms with Gasteiger partial charge in [-0.2, -0.15) is 5.10 Å². The summed E-state index contributed by atoms with van der Waals surface area (Å²) in [6.07, 6.45) is 0.372. The van der Waals surface area contributed by atoms with Gasteiger partial charge in [-0.3, -0.25) is 9.59 Å². The number of amides is 2. The van der Waals surface area contributed by atoms with Crippen molar-refractivity contribution < 1.29 is 19.1 Å². The van der Waals surface area contributed by atoms with Crippen LogP contribution in [0.1, 0.15) is 26.7 Å². The van der Waals surface area contributed by atoms with E-state index in [9.17, 15) is 14.4 Å². The zero-order valence-corrected chi connectivity index (χ0v) is 13.8. The van der Waals surface area contributed by atoms with E-state index in [1.165, 1.54) is 5.01 Å². The summed E-state index contributed by atoms with van der Waals surface area (Å²) in [4.78, 5) is 35.6. The third-order valence-corrected chi connectivity index (χ3v) is 3.31. The Morgan fingerprint density at radius 2 is 1.96 bits per heavy atom. The molecule has 0 spiro atoms. The summed E-state index contributed by atoms with van der Waals surface area (Å²) in [5, 5.41) is 7.93. The zero-order chi connectivity index (χ0) is 17.5. The minimum Gasteiger partial charge on any atom is -0.451 e. The fourth-order valence-corrected chi connectivity index (χ4v) is 2.05. The first kappa shape index (κ1) is 17.7. The quantitative estimate of drug-likeness (QED) is 0.800. The van der Waals surface area contributed by atoms with Crippen molar-refractivity contribution in [3.63, 3.8) is 0 Å². The summed E-state index contributed by atoms with van der Waals surface area (Å²) in [6, 6.07) is 8.85. The molecule has 0 saturated carbocycles. The van der Waals surface area contributed by atoms with E-state index in [4.69, 9.17) is 4.74 Å². The largest absolute Gasteiger partial charge is 0.451 e. The molecule has 1 aromatic rings. The molecule has 7 heteroatoms. The van der Waals surface area contributed by atoms with Crippen molar-refractivity contribution in [3.05, 3.63) is 30.3 Å². The van der Waals surface area contributed by atoms with Gasteiger partial charge < -0.3 is 10.1 Å². The molecular weight excluding hydrogens is 310 g/mol. The van der Waals surface area contributed by atoms with Crippen molar-refractivity contribution in [1.82, 2.24) is 5.32 Å². The number of carbonyl (C=O) groups excluding carboxylic acids is 3. The van der Waals surface area contributed by atoms with Crippen LogP contribution in [0.2, 0.25) is 0 Å². The van der Waals surface area contributed by atoms with Crippen molar-refractivity contribution in [3.8, 4) is 0 Å². The molecule has 0 atom stereocenters. The molecule has 0 aromatic heterocycles. The average Bonchev–Trinajstić information content (AvgIpc) is 2.59. The number of esters is 1. The second-order valence-corrected chi connectivity index (χ2v) is 5.86. The highest BCUT2D eigenvalue weighted by Crippen LogP contribution is 2.19. The summed E-state index contributed by atoms with van der Waals surface area (Å²) in [5.74, 6) is -0.905. The molecule has 2 rings (SSSR count). The van der Waals surface area contributed by atoms with Crippen LogP contribution in [0.5, 0.6) is 0 Å². The maximum absolute atomic E-state index is 12.1. The molecule has 1 aromatic carbocycles. The highest BCUT2D eigenvalue weighted by molar-refractivity contribution is 6.38. The number of rotatable bonds is 6. The maximum atomic E-state index is 12.1. The number of hydrogen-bond donors (Lipinski definition) is 1. The molecule has 0 radical (unpaired) electrons. The van der Waals surface area contributed by atoms with Gasteiger partial charge in [0.2, 0.25) is 5.91 Å². The van der Waals surface area contributed by atoms with E-state index in [2.05, 4.69) is 10.4 Å². The fraction of sp³-hybridized carbons (Fsp3) is 0.412.